The number of rotatable bonds is 4. The number of carboxylic acid groups (broad SMARTS) is 1. The van der Waals surface area contributed by atoms with Crippen LogP contribution in [0.15, 0.2) is 51.1 Å². The van der Waals surface area contributed by atoms with Crippen molar-refractivity contribution in [2.75, 3.05) is 0 Å². The second kappa shape index (κ2) is 8.62. The average molecular weight is 460 g/mol. The number of aliphatic carboxylic acids is 1. The molecule has 33 heavy (non-hydrogen) atoms. The van der Waals surface area contributed by atoms with Crippen LogP contribution in [-0.2, 0) is 20.7 Å². The number of fused-ring (bicyclic) bond motifs is 1. The van der Waals surface area contributed by atoms with Gasteiger partial charge in [0.15, 0.2) is 23.0 Å². The van der Waals surface area contributed by atoms with E-state index in [2.05, 4.69) is 0 Å². The molecule has 4 atom stereocenters. The molecule has 0 unspecified atom stereocenters. The number of phenols is 2. The molecule has 0 radical (unpaired) electrons. The number of ether oxygens (including phenoxy) is 2. The van der Waals surface area contributed by atoms with Crippen LogP contribution in [0.3, 0.4) is 0 Å². The van der Waals surface area contributed by atoms with Crippen LogP contribution in [-0.4, -0.2) is 61.2 Å². The Bertz CT molecular complexity index is 1210. The van der Waals surface area contributed by atoms with E-state index in [1.807, 2.05) is 0 Å². The number of carbonyl (C=O) groups is 1. The Morgan fingerprint density at radius 3 is 2.52 bits per heavy atom. The van der Waals surface area contributed by atoms with E-state index in [0.29, 0.717) is 5.56 Å². The molecule has 6 N–H and O–H groups in total. The van der Waals surface area contributed by atoms with Gasteiger partial charge in [0.05, 0.1) is 6.10 Å². The number of carboxylic acids is 1. The SMILES string of the molecule is O=C(O)[C@H]1O[C@@H](OC2=Cc3oc(-c4ccc(O)c(O)c4)cc(=O)c3CC(O)=C2)C[C@@H](O)[C@@H]1O. The molecule has 0 spiro atoms. The molecule has 2 heterocycles. The largest absolute Gasteiger partial charge is 0.512 e. The van der Waals surface area contributed by atoms with Crippen molar-refractivity contribution in [3.63, 3.8) is 0 Å². The van der Waals surface area contributed by atoms with Crippen molar-refractivity contribution < 1.29 is 49.3 Å². The molecule has 2 aromatic rings. The lowest BCUT2D eigenvalue weighted by Gasteiger charge is -2.34. The molecule has 1 fully saturated rings. The summed E-state index contributed by atoms with van der Waals surface area (Å²) in [5, 5.41) is 58.4. The summed E-state index contributed by atoms with van der Waals surface area (Å²) in [7, 11) is 0. The topological polar surface area (TPSA) is 187 Å². The van der Waals surface area contributed by atoms with Crippen LogP contribution >= 0.6 is 0 Å². The van der Waals surface area contributed by atoms with E-state index in [1.54, 1.807) is 0 Å². The average Bonchev–Trinajstić information content (AvgIpc) is 2.90. The maximum Gasteiger partial charge on any atom is 0.335 e. The molecule has 1 aliphatic heterocycles. The minimum Gasteiger partial charge on any atom is -0.512 e. The third-order valence-electron chi connectivity index (χ3n) is 5.22. The predicted octanol–water partition coefficient (Wildman–Crippen LogP) is 0.995. The van der Waals surface area contributed by atoms with Crippen molar-refractivity contribution >= 4 is 12.0 Å². The molecule has 0 saturated carbocycles. The molecule has 174 valence electrons. The lowest BCUT2D eigenvalue weighted by molar-refractivity contribution is -0.240. The fourth-order valence-corrected chi connectivity index (χ4v) is 3.55. The molecule has 0 amide bonds. The fourth-order valence-electron chi connectivity index (χ4n) is 3.55. The summed E-state index contributed by atoms with van der Waals surface area (Å²) in [5.74, 6) is -2.42. The van der Waals surface area contributed by atoms with Gasteiger partial charge in [-0.1, -0.05) is 0 Å². The molecule has 2 aliphatic rings. The minimum atomic E-state index is -1.72. The number of aliphatic hydroxyl groups is 3. The zero-order chi connectivity index (χ0) is 23.9. The number of hydrogen-bond acceptors (Lipinski definition) is 10. The molecule has 11 nitrogen and oxygen atoms in total. The van der Waals surface area contributed by atoms with Crippen LogP contribution < -0.4 is 5.43 Å². The quantitative estimate of drug-likeness (QED) is 0.357. The van der Waals surface area contributed by atoms with Gasteiger partial charge in [-0.15, -0.1) is 0 Å². The van der Waals surface area contributed by atoms with Gasteiger partial charge in [0.2, 0.25) is 6.29 Å². The number of allylic oxidation sites excluding steroid dienone is 2. The van der Waals surface area contributed by atoms with E-state index in [4.69, 9.17) is 13.9 Å². The van der Waals surface area contributed by atoms with Gasteiger partial charge in [-0.25, -0.2) is 4.79 Å². The molecule has 1 aromatic carbocycles. The lowest BCUT2D eigenvalue weighted by Crippen LogP contribution is -2.52. The van der Waals surface area contributed by atoms with Crippen LogP contribution in [0.2, 0.25) is 0 Å². The third kappa shape index (κ3) is 4.55. The summed E-state index contributed by atoms with van der Waals surface area (Å²) in [6.45, 7) is 0. The summed E-state index contributed by atoms with van der Waals surface area (Å²) >= 11 is 0. The monoisotopic (exact) mass is 460 g/mol. The van der Waals surface area contributed by atoms with Gasteiger partial charge in [0.25, 0.3) is 0 Å². The summed E-state index contributed by atoms with van der Waals surface area (Å²) in [5.41, 5.74) is -0.0354. The molecular weight excluding hydrogens is 440 g/mol. The van der Waals surface area contributed by atoms with Gasteiger partial charge in [-0.05, 0) is 18.2 Å². The van der Waals surface area contributed by atoms with Crippen LogP contribution in [0.25, 0.3) is 17.4 Å². The Labute approximate surface area is 185 Å². The fraction of sp³-hybridized carbons (Fsp3) is 0.273. The molecule has 0 bridgehead atoms. The predicted molar refractivity (Wildman–Crippen MR) is 110 cm³/mol. The molecule has 1 saturated heterocycles. The molecule has 11 heteroatoms. The molecule has 1 aromatic heterocycles. The summed E-state index contributed by atoms with van der Waals surface area (Å²) < 4.78 is 16.6. The molecule has 4 rings (SSSR count). The zero-order valence-corrected chi connectivity index (χ0v) is 16.9. The Balaban J connectivity index is 1.68. The Hall–Kier alpha value is -3.80. The van der Waals surface area contributed by atoms with Gasteiger partial charge in [0, 0.05) is 42.2 Å². The number of benzene rings is 1. The van der Waals surface area contributed by atoms with Crippen molar-refractivity contribution in [2.24, 2.45) is 0 Å². The highest BCUT2D eigenvalue weighted by Gasteiger charge is 2.42. The highest BCUT2D eigenvalue weighted by atomic mass is 16.7. The van der Waals surface area contributed by atoms with Crippen LogP contribution in [0, 0.1) is 0 Å². The first-order valence-electron chi connectivity index (χ1n) is 9.84. The molecule has 1 aliphatic carbocycles. The minimum absolute atomic E-state index is 0.0338. The lowest BCUT2D eigenvalue weighted by atomic mass is 10.0. The summed E-state index contributed by atoms with van der Waals surface area (Å²) in [4.78, 5) is 23.9. The third-order valence-corrected chi connectivity index (χ3v) is 5.22. The zero-order valence-electron chi connectivity index (χ0n) is 16.9. The highest BCUT2D eigenvalue weighted by Crippen LogP contribution is 2.32. The van der Waals surface area contributed by atoms with Crippen LogP contribution in [0.1, 0.15) is 17.7 Å². The maximum absolute atomic E-state index is 12.7. The normalized spacial score (nSPS) is 24.8. The second-order valence-corrected chi connectivity index (χ2v) is 7.62. The van der Waals surface area contributed by atoms with Crippen molar-refractivity contribution in [2.45, 2.75) is 37.4 Å². The Kier molecular flexibility index (Phi) is 5.85. The van der Waals surface area contributed by atoms with E-state index in [9.17, 15) is 40.2 Å². The van der Waals surface area contributed by atoms with Gasteiger partial charge in [-0.2, -0.15) is 0 Å². The second-order valence-electron chi connectivity index (χ2n) is 7.62. The first kappa shape index (κ1) is 22.4. The van der Waals surface area contributed by atoms with E-state index < -0.39 is 41.7 Å². The number of aromatic hydroxyl groups is 2. The highest BCUT2D eigenvalue weighted by molar-refractivity contribution is 5.73. The van der Waals surface area contributed by atoms with Crippen molar-refractivity contribution in [3.8, 4) is 22.8 Å². The van der Waals surface area contributed by atoms with Gasteiger partial charge in [-0.3, -0.25) is 4.79 Å². The van der Waals surface area contributed by atoms with Gasteiger partial charge >= 0.3 is 5.97 Å². The Morgan fingerprint density at radius 2 is 1.82 bits per heavy atom. The van der Waals surface area contributed by atoms with E-state index >= 15 is 0 Å². The molecular formula is C22H20O11. The smallest absolute Gasteiger partial charge is 0.335 e. The van der Waals surface area contributed by atoms with Gasteiger partial charge < -0.3 is 44.5 Å². The van der Waals surface area contributed by atoms with Crippen molar-refractivity contribution in [3.05, 3.63) is 63.4 Å². The summed E-state index contributed by atoms with van der Waals surface area (Å²) in [6.07, 6.45) is -4.00. The van der Waals surface area contributed by atoms with Crippen molar-refractivity contribution in [1.82, 2.24) is 0 Å². The van der Waals surface area contributed by atoms with Crippen LogP contribution in [0.5, 0.6) is 11.5 Å². The number of phenolic OH excluding ortho intramolecular Hbond substituents is 2. The first-order valence-corrected chi connectivity index (χ1v) is 9.84. The van der Waals surface area contributed by atoms with Gasteiger partial charge in [0.1, 0.15) is 29.1 Å². The first-order chi connectivity index (χ1) is 15.6. The van der Waals surface area contributed by atoms with E-state index in [-0.39, 0.29) is 47.2 Å². The maximum atomic E-state index is 12.7. The van der Waals surface area contributed by atoms with Crippen molar-refractivity contribution in [1.29, 1.82) is 0 Å². The van der Waals surface area contributed by atoms with E-state index in [1.165, 1.54) is 36.4 Å². The Morgan fingerprint density at radius 1 is 1.06 bits per heavy atom. The standard InChI is InChI=1S/C22H20O11/c23-10-4-11(31-19-8-16(27)20(28)21(33-19)22(29)30)6-18-12(5-10)14(25)7-17(32-18)9-1-2-13(24)15(26)3-9/h1-4,6-7,16,19-21,23-24,26-28H,5,8H2,(H,29,30)/t16-,19-,20+,21+/m1/s1. The van der Waals surface area contributed by atoms with E-state index in [0.717, 1.165) is 0 Å². The van der Waals surface area contributed by atoms with Crippen LogP contribution in [0.4, 0.5) is 0 Å². The number of aliphatic hydroxyl groups excluding tert-OH is 3. The summed E-state index contributed by atoms with van der Waals surface area (Å²) in [6, 6.07) is 5.05. The number of hydrogen-bond donors (Lipinski definition) is 6.